The molecular weight excluding hydrogens is 493 g/mol. The number of nitrogens with zero attached hydrogens (tertiary/aromatic N) is 1. The Morgan fingerprint density at radius 2 is 1.35 bits per heavy atom. The van der Waals surface area contributed by atoms with Gasteiger partial charge in [-0.1, -0.05) is 30.0 Å². The molecule has 37 heavy (non-hydrogen) atoms. The van der Waals surface area contributed by atoms with Crippen molar-refractivity contribution in [2.45, 2.75) is 9.79 Å². The molecule has 182 valence electrons. The van der Waals surface area contributed by atoms with Crippen molar-refractivity contribution in [1.29, 1.82) is 0 Å². The van der Waals surface area contributed by atoms with E-state index < -0.39 is 36.0 Å². The van der Waals surface area contributed by atoms with E-state index in [1.807, 2.05) is 42.5 Å². The Kier molecular flexibility index (Phi) is 6.66. The summed E-state index contributed by atoms with van der Waals surface area (Å²) in [5.41, 5.74) is 0.896. The Morgan fingerprint density at radius 1 is 0.730 bits per heavy atom. The lowest BCUT2D eigenvalue weighted by atomic mass is 10.1. The van der Waals surface area contributed by atoms with Crippen molar-refractivity contribution in [2.24, 2.45) is 0 Å². The van der Waals surface area contributed by atoms with Crippen LogP contribution in [-0.2, 0) is 4.74 Å². The molecule has 0 fully saturated rings. The van der Waals surface area contributed by atoms with Crippen LogP contribution in [0.5, 0.6) is 0 Å². The van der Waals surface area contributed by atoms with Crippen LogP contribution in [0.15, 0.2) is 107 Å². The maximum atomic E-state index is 13.1. The number of hydrogen-bond acceptors (Lipinski definition) is 6. The number of hydrogen-bond donors (Lipinski definition) is 0. The minimum absolute atomic E-state index is 0.0308. The molecule has 0 atom stereocenters. The second-order valence-corrected chi connectivity index (χ2v) is 9.27. The third-order valence-electron chi connectivity index (χ3n) is 5.70. The summed E-state index contributed by atoms with van der Waals surface area (Å²) >= 11 is 1.56. The standard InChI is InChI=1S/C29H18FNO5S/c30-20-9-6-18(7-10-20)26(32)17-36-29(35)19-8-15-24-25(16-19)28(34)31(27(24)33)21-11-13-23(14-12-21)37-22-4-2-1-3-5-22/h1-16H,17H2. The second kappa shape index (κ2) is 10.2. The van der Waals surface area contributed by atoms with Crippen LogP contribution in [0.1, 0.15) is 41.4 Å². The van der Waals surface area contributed by atoms with Crippen molar-refractivity contribution < 1.29 is 28.3 Å². The molecule has 0 N–H and O–H groups in total. The number of fused-ring (bicyclic) bond motifs is 1. The SMILES string of the molecule is O=C(COC(=O)c1ccc2c(c1)C(=O)N(c1ccc(Sc3ccccc3)cc1)C2=O)c1ccc(F)cc1. The van der Waals surface area contributed by atoms with E-state index in [9.17, 15) is 23.6 Å². The first kappa shape index (κ1) is 24.1. The summed E-state index contributed by atoms with van der Waals surface area (Å²) in [6.45, 7) is -0.548. The van der Waals surface area contributed by atoms with E-state index in [-0.39, 0.29) is 22.3 Å². The fraction of sp³-hybridized carbons (Fsp3) is 0.0345. The number of carbonyl (C=O) groups is 4. The highest BCUT2D eigenvalue weighted by Crippen LogP contribution is 2.32. The molecule has 0 radical (unpaired) electrons. The highest BCUT2D eigenvalue weighted by atomic mass is 32.2. The zero-order chi connectivity index (χ0) is 25.9. The predicted octanol–water partition coefficient (Wildman–Crippen LogP) is 5.82. The number of ether oxygens (including phenoxy) is 1. The number of amides is 2. The van der Waals surface area contributed by atoms with Crippen LogP contribution in [-0.4, -0.2) is 30.2 Å². The van der Waals surface area contributed by atoms with Crippen molar-refractivity contribution >= 4 is 41.0 Å². The number of benzene rings is 4. The van der Waals surface area contributed by atoms with Gasteiger partial charge in [0.05, 0.1) is 22.4 Å². The average Bonchev–Trinajstić information content (AvgIpc) is 3.17. The van der Waals surface area contributed by atoms with E-state index in [2.05, 4.69) is 0 Å². The molecule has 0 saturated heterocycles. The topological polar surface area (TPSA) is 80.8 Å². The number of imide groups is 1. The van der Waals surface area contributed by atoms with E-state index in [4.69, 9.17) is 4.74 Å². The van der Waals surface area contributed by atoms with E-state index in [1.54, 1.807) is 23.9 Å². The summed E-state index contributed by atoms with van der Waals surface area (Å²) in [5, 5.41) is 0. The Balaban J connectivity index is 1.28. The minimum atomic E-state index is -0.820. The lowest BCUT2D eigenvalue weighted by molar-refractivity contribution is 0.0474. The third kappa shape index (κ3) is 5.05. The van der Waals surface area contributed by atoms with Crippen LogP contribution in [0.3, 0.4) is 0 Å². The van der Waals surface area contributed by atoms with E-state index in [1.165, 1.54) is 30.3 Å². The number of ketones is 1. The molecule has 1 heterocycles. The Labute approximate surface area is 215 Å². The van der Waals surface area contributed by atoms with Gasteiger partial charge >= 0.3 is 5.97 Å². The van der Waals surface area contributed by atoms with Gasteiger partial charge in [0.2, 0.25) is 0 Å². The molecule has 0 unspecified atom stereocenters. The summed E-state index contributed by atoms with van der Waals surface area (Å²) in [5.74, 6) is -2.85. The van der Waals surface area contributed by atoms with Gasteiger partial charge < -0.3 is 4.74 Å². The maximum absolute atomic E-state index is 13.1. The molecule has 0 aliphatic carbocycles. The molecule has 1 aliphatic heterocycles. The van der Waals surface area contributed by atoms with Crippen molar-refractivity contribution in [2.75, 3.05) is 11.5 Å². The largest absolute Gasteiger partial charge is 0.454 e. The lowest BCUT2D eigenvalue weighted by Crippen LogP contribution is -2.29. The summed E-state index contributed by atoms with van der Waals surface area (Å²) in [7, 11) is 0. The monoisotopic (exact) mass is 511 g/mol. The van der Waals surface area contributed by atoms with Crippen molar-refractivity contribution in [3.05, 3.63) is 125 Å². The molecule has 8 heteroatoms. The predicted molar refractivity (Wildman–Crippen MR) is 136 cm³/mol. The summed E-state index contributed by atoms with van der Waals surface area (Å²) in [6.07, 6.45) is 0. The van der Waals surface area contributed by atoms with E-state index >= 15 is 0 Å². The Morgan fingerprint density at radius 3 is 2.05 bits per heavy atom. The minimum Gasteiger partial charge on any atom is -0.454 e. The highest BCUT2D eigenvalue weighted by molar-refractivity contribution is 7.99. The number of halogens is 1. The summed E-state index contributed by atoms with van der Waals surface area (Å²) in [6, 6.07) is 25.8. The number of esters is 1. The molecule has 0 aromatic heterocycles. The Bertz CT molecular complexity index is 1520. The second-order valence-electron chi connectivity index (χ2n) is 8.12. The lowest BCUT2D eigenvalue weighted by Gasteiger charge is -2.14. The smallest absolute Gasteiger partial charge is 0.338 e. The number of anilines is 1. The van der Waals surface area contributed by atoms with Crippen LogP contribution in [0.4, 0.5) is 10.1 Å². The van der Waals surface area contributed by atoms with Gasteiger partial charge in [-0.15, -0.1) is 0 Å². The van der Waals surface area contributed by atoms with Gasteiger partial charge in [-0.2, -0.15) is 0 Å². The summed E-state index contributed by atoms with van der Waals surface area (Å²) < 4.78 is 18.1. The van der Waals surface area contributed by atoms with Gasteiger partial charge in [-0.05, 0) is 78.9 Å². The van der Waals surface area contributed by atoms with Gasteiger partial charge in [0.15, 0.2) is 12.4 Å². The van der Waals surface area contributed by atoms with E-state index in [0.717, 1.165) is 26.8 Å². The van der Waals surface area contributed by atoms with Crippen molar-refractivity contribution in [3.8, 4) is 0 Å². The number of rotatable bonds is 7. The zero-order valence-corrected chi connectivity index (χ0v) is 20.0. The molecule has 4 aromatic carbocycles. The van der Waals surface area contributed by atoms with Crippen molar-refractivity contribution in [3.63, 3.8) is 0 Å². The first-order chi connectivity index (χ1) is 17.9. The van der Waals surface area contributed by atoms with Gasteiger partial charge in [0.25, 0.3) is 11.8 Å². The number of Topliss-reactive ketones (excluding diaryl/α,β-unsaturated/α-hetero) is 1. The van der Waals surface area contributed by atoms with Crippen molar-refractivity contribution in [1.82, 2.24) is 0 Å². The molecular formula is C29H18FNO5S. The summed E-state index contributed by atoms with van der Waals surface area (Å²) in [4.78, 5) is 53.9. The van der Waals surface area contributed by atoms with E-state index in [0.29, 0.717) is 5.69 Å². The Hall–Kier alpha value is -4.56. The fourth-order valence-electron chi connectivity index (χ4n) is 3.82. The first-order valence-electron chi connectivity index (χ1n) is 11.2. The molecule has 4 aromatic rings. The van der Waals surface area contributed by atoms with Gasteiger partial charge in [-0.3, -0.25) is 14.4 Å². The number of carbonyl (C=O) groups excluding carboxylic acids is 4. The molecule has 0 bridgehead atoms. The molecule has 6 nitrogen and oxygen atoms in total. The molecule has 2 amide bonds. The zero-order valence-electron chi connectivity index (χ0n) is 19.2. The van der Waals surface area contributed by atoms with Crippen LogP contribution in [0.25, 0.3) is 0 Å². The van der Waals surface area contributed by atoms with Gasteiger partial charge in [0.1, 0.15) is 5.82 Å². The molecule has 1 aliphatic rings. The van der Waals surface area contributed by atoms with Gasteiger partial charge in [0, 0.05) is 15.4 Å². The molecule has 5 rings (SSSR count). The van der Waals surface area contributed by atoms with Crippen LogP contribution in [0.2, 0.25) is 0 Å². The third-order valence-corrected chi connectivity index (χ3v) is 6.71. The molecule has 0 saturated carbocycles. The van der Waals surface area contributed by atoms with Crippen LogP contribution < -0.4 is 4.90 Å². The quantitative estimate of drug-likeness (QED) is 0.177. The normalized spacial score (nSPS) is 12.4. The molecule has 0 spiro atoms. The van der Waals surface area contributed by atoms with Gasteiger partial charge in [-0.25, -0.2) is 14.1 Å². The highest BCUT2D eigenvalue weighted by Gasteiger charge is 2.37. The fourth-order valence-corrected chi connectivity index (χ4v) is 4.66. The average molecular weight is 512 g/mol. The maximum Gasteiger partial charge on any atom is 0.338 e. The van der Waals surface area contributed by atoms with Crippen LogP contribution >= 0.6 is 11.8 Å². The van der Waals surface area contributed by atoms with Crippen LogP contribution in [0, 0.1) is 5.82 Å². The first-order valence-corrected chi connectivity index (χ1v) is 12.0.